The zero-order valence-corrected chi connectivity index (χ0v) is 38.3. The molecule has 0 aromatic carbocycles. The number of rotatable bonds is 45. The maximum Gasteiger partial charge on any atom is 0.305 e. The average molecular weight is 814 g/mol. The van der Waals surface area contributed by atoms with E-state index in [0.717, 1.165) is 70.6 Å². The van der Waals surface area contributed by atoms with Crippen molar-refractivity contribution in [2.45, 2.75) is 257 Å². The lowest BCUT2D eigenvalue weighted by atomic mass is 10.1. The van der Waals surface area contributed by atoms with Crippen LogP contribution in [-0.2, 0) is 14.3 Å². The molecule has 338 valence electrons. The van der Waals surface area contributed by atoms with Crippen molar-refractivity contribution in [2.75, 3.05) is 13.2 Å². The van der Waals surface area contributed by atoms with E-state index in [4.69, 9.17) is 4.74 Å². The third kappa shape index (κ3) is 43.4. The number of hydrogen-bond acceptors (Lipinski definition) is 5. The van der Waals surface area contributed by atoms with Crippen molar-refractivity contribution in [1.82, 2.24) is 5.32 Å². The minimum atomic E-state index is -0.852. The summed E-state index contributed by atoms with van der Waals surface area (Å²) in [7, 11) is 0. The molecule has 0 aromatic heterocycles. The Morgan fingerprint density at radius 1 is 0.483 bits per heavy atom. The lowest BCUT2D eigenvalue weighted by molar-refractivity contribution is -0.143. The number of allylic oxidation sites excluding steroid dienone is 7. The van der Waals surface area contributed by atoms with Crippen molar-refractivity contribution in [3.8, 4) is 0 Å². The summed E-state index contributed by atoms with van der Waals surface area (Å²) in [5, 5.41) is 22.9. The molecule has 0 aliphatic heterocycles. The largest absolute Gasteiger partial charge is 0.466 e. The molecule has 0 rings (SSSR count). The zero-order valence-electron chi connectivity index (χ0n) is 38.3. The number of unbranched alkanes of at least 4 members (excludes halogenated alkanes) is 28. The van der Waals surface area contributed by atoms with Gasteiger partial charge in [0.25, 0.3) is 0 Å². The molecule has 0 heterocycles. The standard InChI is InChI=1S/C52H95NO5/c1-3-5-7-9-11-13-15-22-26-30-34-38-42-46-52(57)58-47-43-39-35-31-27-24-21-19-17-16-18-20-23-25-29-33-37-41-45-51(56)53-49(48-54)50(55)44-40-36-32-28-14-12-10-8-6-4-2/h7,9,13,15,18,20,40,44,49-50,54-55H,3-6,8,10-12,14,16-17,19,21-39,41-43,45-48H2,1-2H3,(H,53,56)/b9-7-,15-13-,20-18-,44-40+. The number of aliphatic hydroxyl groups excluding tert-OH is 2. The number of amides is 1. The quantitative estimate of drug-likeness (QED) is 0.0323. The highest BCUT2D eigenvalue weighted by atomic mass is 16.5. The fourth-order valence-electron chi connectivity index (χ4n) is 7.19. The first-order valence-electron chi connectivity index (χ1n) is 24.9. The Kier molecular flexibility index (Phi) is 45.7. The molecule has 0 saturated carbocycles. The van der Waals surface area contributed by atoms with Crippen LogP contribution in [0.4, 0.5) is 0 Å². The van der Waals surface area contributed by atoms with E-state index >= 15 is 0 Å². The van der Waals surface area contributed by atoms with Crippen LogP contribution in [0.3, 0.4) is 0 Å². The van der Waals surface area contributed by atoms with Gasteiger partial charge >= 0.3 is 5.97 Å². The molecule has 0 bridgehead atoms. The molecule has 58 heavy (non-hydrogen) atoms. The van der Waals surface area contributed by atoms with Gasteiger partial charge in [0.2, 0.25) is 5.91 Å². The first-order chi connectivity index (χ1) is 28.5. The maximum absolute atomic E-state index is 12.4. The molecule has 0 saturated heterocycles. The van der Waals surface area contributed by atoms with Crippen molar-refractivity contribution >= 4 is 11.9 Å². The summed E-state index contributed by atoms with van der Waals surface area (Å²) < 4.78 is 5.45. The number of hydrogen-bond donors (Lipinski definition) is 3. The average Bonchev–Trinajstić information content (AvgIpc) is 3.22. The lowest BCUT2D eigenvalue weighted by Gasteiger charge is -2.20. The molecule has 2 unspecified atom stereocenters. The van der Waals surface area contributed by atoms with Crippen molar-refractivity contribution < 1.29 is 24.5 Å². The topological polar surface area (TPSA) is 95.9 Å². The second-order valence-electron chi connectivity index (χ2n) is 16.8. The van der Waals surface area contributed by atoms with Gasteiger partial charge in [0, 0.05) is 12.8 Å². The van der Waals surface area contributed by atoms with Gasteiger partial charge in [0.1, 0.15) is 0 Å². The molecule has 0 aliphatic rings. The summed E-state index contributed by atoms with van der Waals surface area (Å²) in [5.41, 5.74) is 0. The smallest absolute Gasteiger partial charge is 0.305 e. The predicted octanol–water partition coefficient (Wildman–Crippen LogP) is 14.7. The molecule has 0 radical (unpaired) electrons. The Hall–Kier alpha value is -2.18. The number of nitrogens with one attached hydrogen (secondary N) is 1. The van der Waals surface area contributed by atoms with Gasteiger partial charge in [-0.1, -0.05) is 197 Å². The molecule has 0 aliphatic carbocycles. The SMILES string of the molecule is CCC/C=C\C/C=C\CCCCCCCC(=O)OCCCCCCCCCCC/C=C\CCCCCCCC(=O)NC(CO)C(O)/C=C/CCCCCCCCCC. The summed E-state index contributed by atoms with van der Waals surface area (Å²) in [6.45, 7) is 4.78. The first kappa shape index (κ1) is 55.8. The predicted molar refractivity (Wildman–Crippen MR) is 250 cm³/mol. The molecule has 6 nitrogen and oxygen atoms in total. The molecule has 3 N–H and O–H groups in total. The van der Waals surface area contributed by atoms with Crippen LogP contribution in [0.25, 0.3) is 0 Å². The molecular weight excluding hydrogens is 719 g/mol. The molecule has 0 aromatic rings. The monoisotopic (exact) mass is 814 g/mol. The van der Waals surface area contributed by atoms with Gasteiger partial charge < -0.3 is 20.3 Å². The van der Waals surface area contributed by atoms with E-state index < -0.39 is 12.1 Å². The van der Waals surface area contributed by atoms with E-state index in [1.165, 1.54) is 148 Å². The van der Waals surface area contributed by atoms with Crippen molar-refractivity contribution in [2.24, 2.45) is 0 Å². The van der Waals surface area contributed by atoms with Gasteiger partial charge in [-0.05, 0) is 83.5 Å². The van der Waals surface area contributed by atoms with Crippen molar-refractivity contribution in [3.05, 3.63) is 48.6 Å². The van der Waals surface area contributed by atoms with Crippen molar-refractivity contribution in [3.63, 3.8) is 0 Å². The highest BCUT2D eigenvalue weighted by Gasteiger charge is 2.18. The second kappa shape index (κ2) is 47.5. The first-order valence-corrected chi connectivity index (χ1v) is 24.9. The highest BCUT2D eigenvalue weighted by Crippen LogP contribution is 2.14. The number of esters is 1. The van der Waals surface area contributed by atoms with Crippen LogP contribution in [0.1, 0.15) is 245 Å². The Morgan fingerprint density at radius 3 is 1.40 bits per heavy atom. The number of carbonyl (C=O) groups is 2. The Morgan fingerprint density at radius 2 is 0.897 bits per heavy atom. The van der Waals surface area contributed by atoms with Crippen LogP contribution in [0, 0.1) is 0 Å². The van der Waals surface area contributed by atoms with Gasteiger partial charge in [-0.3, -0.25) is 9.59 Å². The van der Waals surface area contributed by atoms with E-state index in [1.807, 2.05) is 6.08 Å². The fraction of sp³-hybridized carbons (Fsp3) is 0.808. The van der Waals surface area contributed by atoms with Crippen LogP contribution in [-0.4, -0.2) is 47.4 Å². The van der Waals surface area contributed by atoms with Crippen LogP contribution < -0.4 is 5.32 Å². The number of aliphatic hydroxyl groups is 2. The van der Waals surface area contributed by atoms with Gasteiger partial charge in [-0.15, -0.1) is 0 Å². The van der Waals surface area contributed by atoms with E-state index in [2.05, 4.69) is 55.6 Å². The summed E-state index contributed by atoms with van der Waals surface area (Å²) in [5.74, 6) is -0.101. The third-order valence-corrected chi connectivity index (χ3v) is 11.0. The Labute approximate surface area is 359 Å². The minimum absolute atomic E-state index is 0.0146. The zero-order chi connectivity index (χ0) is 42.3. The maximum atomic E-state index is 12.4. The summed E-state index contributed by atoms with van der Waals surface area (Å²) in [4.78, 5) is 24.4. The minimum Gasteiger partial charge on any atom is -0.466 e. The van der Waals surface area contributed by atoms with E-state index in [-0.39, 0.29) is 18.5 Å². The van der Waals surface area contributed by atoms with Gasteiger partial charge in [0.05, 0.1) is 25.4 Å². The lowest BCUT2D eigenvalue weighted by Crippen LogP contribution is -2.45. The molecular formula is C52H95NO5. The second-order valence-corrected chi connectivity index (χ2v) is 16.8. The number of carbonyl (C=O) groups excluding carboxylic acids is 2. The summed E-state index contributed by atoms with van der Waals surface area (Å²) >= 11 is 0. The number of ether oxygens (including phenoxy) is 1. The van der Waals surface area contributed by atoms with Gasteiger partial charge in [-0.2, -0.15) is 0 Å². The summed E-state index contributed by atoms with van der Waals surface area (Å²) in [6.07, 6.45) is 58.3. The molecule has 0 fully saturated rings. The fourth-order valence-corrected chi connectivity index (χ4v) is 7.19. The van der Waals surface area contributed by atoms with E-state index in [1.54, 1.807) is 6.08 Å². The van der Waals surface area contributed by atoms with Crippen molar-refractivity contribution in [1.29, 1.82) is 0 Å². The van der Waals surface area contributed by atoms with Crippen LogP contribution >= 0.6 is 0 Å². The molecule has 2 atom stereocenters. The Balaban J connectivity index is 3.48. The molecule has 0 spiro atoms. The molecule has 6 heteroatoms. The van der Waals surface area contributed by atoms with Gasteiger partial charge in [-0.25, -0.2) is 0 Å². The van der Waals surface area contributed by atoms with E-state index in [9.17, 15) is 19.8 Å². The van der Waals surface area contributed by atoms with E-state index in [0.29, 0.717) is 19.4 Å². The summed E-state index contributed by atoms with van der Waals surface area (Å²) in [6, 6.07) is -0.637. The van der Waals surface area contributed by atoms with Gasteiger partial charge in [0.15, 0.2) is 0 Å². The van der Waals surface area contributed by atoms with Crippen LogP contribution in [0.2, 0.25) is 0 Å². The molecule has 1 amide bonds. The highest BCUT2D eigenvalue weighted by molar-refractivity contribution is 5.76. The van der Waals surface area contributed by atoms with Crippen LogP contribution in [0.5, 0.6) is 0 Å². The normalized spacial score (nSPS) is 13.1. The third-order valence-electron chi connectivity index (χ3n) is 11.0. The Bertz CT molecular complexity index is 988. The van der Waals surface area contributed by atoms with Crippen LogP contribution in [0.15, 0.2) is 48.6 Å².